The van der Waals surface area contributed by atoms with Crippen LogP contribution in [0.1, 0.15) is 23.4 Å². The number of carbonyl (C=O) groups excluding carboxylic acids is 1. The lowest BCUT2D eigenvalue weighted by molar-refractivity contribution is -0.121. The molecule has 0 saturated carbocycles. The fourth-order valence-electron chi connectivity index (χ4n) is 2.58. The molecule has 23 heavy (non-hydrogen) atoms. The van der Waals surface area contributed by atoms with Crippen molar-refractivity contribution in [2.24, 2.45) is 0 Å². The molecular weight excluding hydrogens is 288 g/mol. The Hall–Kier alpha value is -2.62. The molecule has 4 heteroatoms. The molecule has 0 fully saturated rings. The van der Waals surface area contributed by atoms with Crippen molar-refractivity contribution in [1.82, 2.24) is 10.3 Å². The van der Waals surface area contributed by atoms with Crippen LogP contribution < -0.4 is 5.32 Å². The van der Waals surface area contributed by atoms with Crippen LogP contribution in [0.25, 0.3) is 11.1 Å². The summed E-state index contributed by atoms with van der Waals surface area (Å²) < 4.78 is 5.53. The Labute approximate surface area is 135 Å². The van der Waals surface area contributed by atoms with E-state index in [0.29, 0.717) is 18.9 Å². The van der Waals surface area contributed by atoms with Gasteiger partial charge in [0, 0.05) is 19.9 Å². The van der Waals surface area contributed by atoms with Gasteiger partial charge >= 0.3 is 0 Å². The number of oxazole rings is 1. The van der Waals surface area contributed by atoms with E-state index in [1.54, 1.807) is 0 Å². The van der Waals surface area contributed by atoms with Gasteiger partial charge in [0.05, 0.1) is 0 Å². The summed E-state index contributed by atoms with van der Waals surface area (Å²) in [6.45, 7) is 2.47. The van der Waals surface area contributed by atoms with E-state index in [1.807, 2.05) is 55.5 Å². The summed E-state index contributed by atoms with van der Waals surface area (Å²) in [6, 6.07) is 16.0. The predicted molar refractivity (Wildman–Crippen MR) is 90.2 cm³/mol. The average Bonchev–Trinajstić information content (AvgIpc) is 2.93. The molecule has 0 radical (unpaired) electrons. The van der Waals surface area contributed by atoms with Crippen LogP contribution in [-0.2, 0) is 17.6 Å². The van der Waals surface area contributed by atoms with Crippen molar-refractivity contribution in [3.8, 4) is 0 Å². The third-order valence-corrected chi connectivity index (χ3v) is 3.78. The van der Waals surface area contributed by atoms with Crippen molar-refractivity contribution in [2.45, 2.75) is 26.2 Å². The SMILES string of the molecule is Cc1nc2ccc(CCNC(=O)CCc3ccccc3)cc2o1. The molecule has 3 rings (SSSR count). The van der Waals surface area contributed by atoms with Crippen LogP contribution in [0.3, 0.4) is 0 Å². The van der Waals surface area contributed by atoms with E-state index >= 15 is 0 Å². The fourth-order valence-corrected chi connectivity index (χ4v) is 2.58. The normalized spacial score (nSPS) is 10.8. The standard InChI is InChI=1S/C19H20N2O2/c1-14-21-17-9-7-16(13-18(17)23-14)11-12-20-19(22)10-8-15-5-3-2-4-6-15/h2-7,9,13H,8,10-12H2,1H3,(H,20,22). The summed E-state index contributed by atoms with van der Waals surface area (Å²) in [7, 11) is 0. The number of nitrogens with one attached hydrogen (secondary N) is 1. The van der Waals surface area contributed by atoms with Crippen LogP contribution >= 0.6 is 0 Å². The third kappa shape index (κ3) is 4.19. The van der Waals surface area contributed by atoms with Gasteiger partial charge in [0.1, 0.15) is 5.52 Å². The van der Waals surface area contributed by atoms with Crippen molar-refractivity contribution in [1.29, 1.82) is 0 Å². The maximum atomic E-state index is 11.9. The summed E-state index contributed by atoms with van der Waals surface area (Å²) in [5.41, 5.74) is 4.00. The Morgan fingerprint density at radius 2 is 1.91 bits per heavy atom. The van der Waals surface area contributed by atoms with Crippen LogP contribution in [0.5, 0.6) is 0 Å². The minimum absolute atomic E-state index is 0.0884. The number of carbonyl (C=O) groups is 1. The zero-order valence-corrected chi connectivity index (χ0v) is 13.2. The molecule has 0 atom stereocenters. The molecule has 0 aliphatic rings. The molecule has 2 aromatic carbocycles. The number of rotatable bonds is 6. The molecule has 0 spiro atoms. The minimum Gasteiger partial charge on any atom is -0.441 e. The zero-order chi connectivity index (χ0) is 16.1. The first-order valence-electron chi connectivity index (χ1n) is 7.87. The van der Waals surface area contributed by atoms with Gasteiger partial charge in [-0.05, 0) is 36.1 Å². The molecular formula is C19H20N2O2. The number of benzene rings is 2. The van der Waals surface area contributed by atoms with E-state index in [4.69, 9.17) is 4.42 Å². The van der Waals surface area contributed by atoms with E-state index < -0.39 is 0 Å². The van der Waals surface area contributed by atoms with Gasteiger partial charge in [0.25, 0.3) is 0 Å². The highest BCUT2D eigenvalue weighted by atomic mass is 16.3. The molecule has 1 amide bonds. The number of aryl methyl sites for hydroxylation is 2. The molecule has 3 aromatic rings. The molecule has 1 heterocycles. The summed E-state index contributed by atoms with van der Waals surface area (Å²) in [4.78, 5) is 16.2. The maximum Gasteiger partial charge on any atom is 0.220 e. The van der Waals surface area contributed by atoms with E-state index in [9.17, 15) is 4.79 Å². The van der Waals surface area contributed by atoms with Gasteiger partial charge in [-0.2, -0.15) is 0 Å². The van der Waals surface area contributed by atoms with Crippen LogP contribution in [0.2, 0.25) is 0 Å². The van der Waals surface area contributed by atoms with Gasteiger partial charge in [0.15, 0.2) is 11.5 Å². The first kappa shape index (κ1) is 15.3. The first-order valence-corrected chi connectivity index (χ1v) is 7.87. The number of amides is 1. The second kappa shape index (κ2) is 7.09. The number of aromatic nitrogens is 1. The molecule has 118 valence electrons. The van der Waals surface area contributed by atoms with Crippen molar-refractivity contribution in [3.63, 3.8) is 0 Å². The molecule has 0 bridgehead atoms. The van der Waals surface area contributed by atoms with Crippen molar-refractivity contribution in [3.05, 3.63) is 65.5 Å². The van der Waals surface area contributed by atoms with E-state index in [2.05, 4.69) is 10.3 Å². The molecule has 0 saturated heterocycles. The predicted octanol–water partition coefficient (Wildman–Crippen LogP) is 3.43. The molecule has 0 aliphatic heterocycles. The molecule has 0 unspecified atom stereocenters. The molecule has 4 nitrogen and oxygen atoms in total. The summed E-state index contributed by atoms with van der Waals surface area (Å²) in [6.07, 6.45) is 2.08. The Morgan fingerprint density at radius 3 is 2.74 bits per heavy atom. The largest absolute Gasteiger partial charge is 0.441 e. The number of hydrogen-bond donors (Lipinski definition) is 1. The first-order chi connectivity index (χ1) is 11.2. The quantitative estimate of drug-likeness (QED) is 0.759. The highest BCUT2D eigenvalue weighted by molar-refractivity contribution is 5.76. The van der Waals surface area contributed by atoms with Crippen LogP contribution in [-0.4, -0.2) is 17.4 Å². The lowest BCUT2D eigenvalue weighted by atomic mass is 10.1. The minimum atomic E-state index is 0.0884. The molecule has 0 aliphatic carbocycles. The summed E-state index contributed by atoms with van der Waals surface area (Å²) in [5, 5.41) is 2.97. The highest BCUT2D eigenvalue weighted by Crippen LogP contribution is 2.17. The van der Waals surface area contributed by atoms with Crippen molar-refractivity contribution in [2.75, 3.05) is 6.54 Å². The van der Waals surface area contributed by atoms with Crippen LogP contribution in [0.4, 0.5) is 0 Å². The number of fused-ring (bicyclic) bond motifs is 1. The van der Waals surface area contributed by atoms with Gasteiger partial charge in [-0.15, -0.1) is 0 Å². The van der Waals surface area contributed by atoms with Crippen LogP contribution in [0.15, 0.2) is 52.9 Å². The van der Waals surface area contributed by atoms with Gasteiger partial charge in [-0.25, -0.2) is 4.98 Å². The summed E-state index contributed by atoms with van der Waals surface area (Å²) >= 11 is 0. The monoisotopic (exact) mass is 308 g/mol. The molecule has 1 aromatic heterocycles. The lowest BCUT2D eigenvalue weighted by Gasteiger charge is -2.05. The number of hydrogen-bond acceptors (Lipinski definition) is 3. The van der Waals surface area contributed by atoms with E-state index in [1.165, 1.54) is 5.56 Å². The van der Waals surface area contributed by atoms with Crippen LogP contribution in [0, 0.1) is 6.92 Å². The number of nitrogens with zero attached hydrogens (tertiary/aromatic N) is 1. The van der Waals surface area contributed by atoms with Crippen molar-refractivity contribution >= 4 is 17.0 Å². The fraction of sp³-hybridized carbons (Fsp3) is 0.263. The van der Waals surface area contributed by atoms with E-state index in [0.717, 1.165) is 29.5 Å². The Bertz CT molecular complexity index is 793. The lowest BCUT2D eigenvalue weighted by Crippen LogP contribution is -2.25. The zero-order valence-electron chi connectivity index (χ0n) is 13.2. The smallest absolute Gasteiger partial charge is 0.220 e. The second-order valence-corrected chi connectivity index (χ2v) is 5.62. The Morgan fingerprint density at radius 1 is 1.09 bits per heavy atom. The average molecular weight is 308 g/mol. The topological polar surface area (TPSA) is 55.1 Å². The van der Waals surface area contributed by atoms with Gasteiger partial charge < -0.3 is 9.73 Å². The van der Waals surface area contributed by atoms with E-state index in [-0.39, 0.29) is 5.91 Å². The third-order valence-electron chi connectivity index (χ3n) is 3.78. The van der Waals surface area contributed by atoms with Gasteiger partial charge in [-0.3, -0.25) is 4.79 Å². The summed E-state index contributed by atoms with van der Waals surface area (Å²) in [5.74, 6) is 0.761. The highest BCUT2D eigenvalue weighted by Gasteiger charge is 2.05. The Balaban J connectivity index is 1.45. The van der Waals surface area contributed by atoms with Gasteiger partial charge in [-0.1, -0.05) is 36.4 Å². The molecule has 1 N–H and O–H groups in total. The van der Waals surface area contributed by atoms with Crippen molar-refractivity contribution < 1.29 is 9.21 Å². The Kier molecular flexibility index (Phi) is 4.71. The maximum absolute atomic E-state index is 11.9. The second-order valence-electron chi connectivity index (χ2n) is 5.62. The van der Waals surface area contributed by atoms with Gasteiger partial charge in [0.2, 0.25) is 5.91 Å².